The Balaban J connectivity index is 1.71. The normalized spacial score (nSPS) is 16.9. The summed E-state index contributed by atoms with van der Waals surface area (Å²) in [5.74, 6) is -0.0788. The number of benzene rings is 2. The van der Waals surface area contributed by atoms with E-state index in [-0.39, 0.29) is 11.9 Å². The van der Waals surface area contributed by atoms with Gasteiger partial charge < -0.3 is 10.6 Å². The summed E-state index contributed by atoms with van der Waals surface area (Å²) >= 11 is 6.08. The van der Waals surface area contributed by atoms with Gasteiger partial charge in [0.25, 0.3) is 5.91 Å². The summed E-state index contributed by atoms with van der Waals surface area (Å²) in [5, 5.41) is 7.10. The summed E-state index contributed by atoms with van der Waals surface area (Å²) in [6.45, 7) is 3.38. The van der Waals surface area contributed by atoms with E-state index in [0.717, 1.165) is 18.5 Å². The van der Waals surface area contributed by atoms with E-state index in [1.165, 1.54) is 11.1 Å². The van der Waals surface area contributed by atoms with Crippen LogP contribution in [-0.2, 0) is 6.42 Å². The van der Waals surface area contributed by atoms with Gasteiger partial charge in [0.2, 0.25) is 0 Å². The second kappa shape index (κ2) is 6.51. The van der Waals surface area contributed by atoms with Gasteiger partial charge in [-0.1, -0.05) is 41.9 Å². The van der Waals surface area contributed by atoms with Crippen LogP contribution in [0.15, 0.2) is 42.5 Å². The number of nitrogens with one attached hydrogen (secondary N) is 2. The summed E-state index contributed by atoms with van der Waals surface area (Å²) in [4.78, 5) is 12.4. The molecular weight excluding hydrogens is 296 g/mol. The van der Waals surface area contributed by atoms with Crippen LogP contribution in [0.1, 0.15) is 33.1 Å². The zero-order valence-corrected chi connectivity index (χ0v) is 13.3. The van der Waals surface area contributed by atoms with Crippen molar-refractivity contribution in [1.82, 2.24) is 10.6 Å². The van der Waals surface area contributed by atoms with Crippen LogP contribution in [0.3, 0.4) is 0 Å². The van der Waals surface area contributed by atoms with Crippen molar-refractivity contribution in [2.45, 2.75) is 19.4 Å². The van der Waals surface area contributed by atoms with E-state index in [1.807, 2.05) is 13.0 Å². The number of hydrogen-bond donors (Lipinski definition) is 2. The molecule has 0 fully saturated rings. The minimum absolute atomic E-state index is 0.0788. The molecule has 0 aliphatic carbocycles. The Morgan fingerprint density at radius 3 is 2.95 bits per heavy atom. The summed E-state index contributed by atoms with van der Waals surface area (Å²) in [7, 11) is 0. The second-order valence-electron chi connectivity index (χ2n) is 5.58. The summed E-state index contributed by atoms with van der Waals surface area (Å²) in [6.07, 6.45) is 1.04. The Hall–Kier alpha value is -1.84. The lowest BCUT2D eigenvalue weighted by atomic mass is 9.94. The minimum Gasteiger partial charge on any atom is -0.350 e. The zero-order chi connectivity index (χ0) is 15.5. The van der Waals surface area contributed by atoms with Crippen molar-refractivity contribution >= 4 is 17.5 Å². The van der Waals surface area contributed by atoms with Crippen LogP contribution in [0, 0.1) is 6.92 Å². The van der Waals surface area contributed by atoms with Gasteiger partial charge in [0, 0.05) is 23.2 Å². The molecule has 2 aromatic carbocycles. The smallest absolute Gasteiger partial charge is 0.251 e. The molecule has 1 heterocycles. The lowest BCUT2D eigenvalue weighted by Crippen LogP contribution is -2.39. The summed E-state index contributed by atoms with van der Waals surface area (Å²) in [6, 6.07) is 14.0. The topological polar surface area (TPSA) is 41.1 Å². The molecule has 1 unspecified atom stereocenters. The van der Waals surface area contributed by atoms with Crippen LogP contribution in [0.25, 0.3) is 0 Å². The standard InChI is InChI=1S/C18H19ClN2O/c1-12-14(7-4-8-16(12)19)18(22)21-11-17-15-6-3-2-5-13(15)9-10-20-17/h2-8,17,20H,9-11H2,1H3,(H,21,22). The van der Waals surface area contributed by atoms with Crippen LogP contribution in [-0.4, -0.2) is 19.0 Å². The SMILES string of the molecule is Cc1c(Cl)cccc1C(=O)NCC1NCCc2ccccc21. The molecule has 1 atom stereocenters. The van der Waals surface area contributed by atoms with Gasteiger partial charge in [-0.15, -0.1) is 0 Å². The van der Waals surface area contributed by atoms with E-state index < -0.39 is 0 Å². The first-order valence-electron chi connectivity index (χ1n) is 7.51. The fourth-order valence-corrected chi connectivity index (χ4v) is 3.09. The average Bonchev–Trinajstić information content (AvgIpc) is 2.55. The number of carbonyl (C=O) groups excluding carboxylic acids is 1. The summed E-state index contributed by atoms with van der Waals surface area (Å²) in [5.41, 5.74) is 4.09. The monoisotopic (exact) mass is 314 g/mol. The van der Waals surface area contributed by atoms with Crippen molar-refractivity contribution in [3.05, 3.63) is 69.7 Å². The molecule has 0 saturated heterocycles. The Bertz CT molecular complexity index is 699. The molecule has 4 heteroatoms. The molecule has 3 nitrogen and oxygen atoms in total. The van der Waals surface area contributed by atoms with Crippen LogP contribution < -0.4 is 10.6 Å². The number of amides is 1. The number of rotatable bonds is 3. The van der Waals surface area contributed by atoms with E-state index in [9.17, 15) is 4.79 Å². The number of carbonyl (C=O) groups is 1. The van der Waals surface area contributed by atoms with E-state index >= 15 is 0 Å². The van der Waals surface area contributed by atoms with Gasteiger partial charge in [-0.25, -0.2) is 0 Å². The first-order chi connectivity index (χ1) is 10.7. The maximum absolute atomic E-state index is 12.4. The minimum atomic E-state index is -0.0788. The third-order valence-corrected chi connectivity index (χ3v) is 4.60. The predicted octanol–water partition coefficient (Wildman–Crippen LogP) is 3.27. The first-order valence-corrected chi connectivity index (χ1v) is 7.89. The highest BCUT2D eigenvalue weighted by molar-refractivity contribution is 6.31. The van der Waals surface area contributed by atoms with Crippen molar-refractivity contribution in [3.63, 3.8) is 0 Å². The van der Waals surface area contributed by atoms with E-state index in [1.54, 1.807) is 18.2 Å². The molecule has 114 valence electrons. The molecule has 22 heavy (non-hydrogen) atoms. The highest BCUT2D eigenvalue weighted by atomic mass is 35.5. The molecule has 1 aliphatic rings. The highest BCUT2D eigenvalue weighted by Gasteiger charge is 2.20. The molecule has 0 bridgehead atoms. The van der Waals surface area contributed by atoms with Gasteiger partial charge in [-0.05, 0) is 48.7 Å². The highest BCUT2D eigenvalue weighted by Crippen LogP contribution is 2.22. The fourth-order valence-electron chi connectivity index (χ4n) is 2.92. The lowest BCUT2D eigenvalue weighted by molar-refractivity contribution is 0.0948. The van der Waals surface area contributed by atoms with Crippen LogP contribution >= 0.6 is 11.6 Å². The quantitative estimate of drug-likeness (QED) is 0.913. The van der Waals surface area contributed by atoms with Gasteiger partial charge >= 0.3 is 0 Å². The van der Waals surface area contributed by atoms with Crippen molar-refractivity contribution < 1.29 is 4.79 Å². The number of hydrogen-bond acceptors (Lipinski definition) is 2. The molecule has 3 rings (SSSR count). The Labute approximate surface area is 135 Å². The fraction of sp³-hybridized carbons (Fsp3) is 0.278. The summed E-state index contributed by atoms with van der Waals surface area (Å²) < 4.78 is 0. The van der Waals surface area contributed by atoms with E-state index in [4.69, 9.17) is 11.6 Å². The van der Waals surface area contributed by atoms with Crippen molar-refractivity contribution in [2.24, 2.45) is 0 Å². The van der Waals surface area contributed by atoms with Gasteiger partial charge in [0.15, 0.2) is 0 Å². The van der Waals surface area contributed by atoms with Crippen molar-refractivity contribution in [2.75, 3.05) is 13.1 Å². The molecule has 1 aliphatic heterocycles. The Morgan fingerprint density at radius 2 is 2.09 bits per heavy atom. The average molecular weight is 315 g/mol. The molecule has 0 saturated carbocycles. The Morgan fingerprint density at radius 1 is 1.27 bits per heavy atom. The van der Waals surface area contributed by atoms with E-state index in [0.29, 0.717) is 17.1 Å². The predicted molar refractivity (Wildman–Crippen MR) is 89.4 cm³/mol. The third-order valence-electron chi connectivity index (χ3n) is 4.19. The maximum atomic E-state index is 12.4. The molecule has 0 aromatic heterocycles. The van der Waals surface area contributed by atoms with Gasteiger partial charge in [-0.3, -0.25) is 4.79 Å². The van der Waals surface area contributed by atoms with E-state index in [2.05, 4.69) is 28.8 Å². The maximum Gasteiger partial charge on any atom is 0.251 e. The molecule has 2 N–H and O–H groups in total. The molecule has 0 spiro atoms. The van der Waals surface area contributed by atoms with Crippen LogP contribution in [0.2, 0.25) is 5.02 Å². The number of halogens is 1. The largest absolute Gasteiger partial charge is 0.350 e. The van der Waals surface area contributed by atoms with Crippen LogP contribution in [0.4, 0.5) is 0 Å². The first kappa shape index (κ1) is 15.1. The molecular formula is C18H19ClN2O. The lowest BCUT2D eigenvalue weighted by Gasteiger charge is -2.27. The second-order valence-corrected chi connectivity index (χ2v) is 5.99. The van der Waals surface area contributed by atoms with Crippen molar-refractivity contribution in [1.29, 1.82) is 0 Å². The zero-order valence-electron chi connectivity index (χ0n) is 12.5. The van der Waals surface area contributed by atoms with Gasteiger partial charge in [0.1, 0.15) is 0 Å². The molecule has 0 radical (unpaired) electrons. The number of fused-ring (bicyclic) bond motifs is 1. The van der Waals surface area contributed by atoms with Crippen molar-refractivity contribution in [3.8, 4) is 0 Å². The van der Waals surface area contributed by atoms with Crippen LogP contribution in [0.5, 0.6) is 0 Å². The van der Waals surface area contributed by atoms with Gasteiger partial charge in [-0.2, -0.15) is 0 Å². The third kappa shape index (κ3) is 3.01. The Kier molecular flexibility index (Phi) is 4.46. The molecule has 1 amide bonds. The van der Waals surface area contributed by atoms with Gasteiger partial charge in [0.05, 0.1) is 0 Å². The molecule has 2 aromatic rings.